The predicted molar refractivity (Wildman–Crippen MR) is 104 cm³/mol. The number of hydrogen-bond acceptors (Lipinski definition) is 2. The highest BCUT2D eigenvalue weighted by Gasteiger charge is 2.38. The Morgan fingerprint density at radius 3 is 2.48 bits per heavy atom. The molecule has 0 amide bonds. The first-order chi connectivity index (χ1) is 11.1. The van der Waals surface area contributed by atoms with Crippen LogP contribution in [0.15, 0.2) is 65.0 Å². The van der Waals surface area contributed by atoms with Crippen LogP contribution in [-0.4, -0.2) is 13.8 Å². The third-order valence-corrected chi connectivity index (χ3v) is 9.30. The molecule has 114 valence electrons. The van der Waals surface area contributed by atoms with E-state index in [4.69, 9.17) is 4.99 Å². The van der Waals surface area contributed by atoms with Crippen LogP contribution in [-0.2, 0) is 0 Å². The molecule has 0 saturated carbocycles. The molecule has 0 atom stereocenters. The van der Waals surface area contributed by atoms with E-state index >= 15 is 0 Å². The van der Waals surface area contributed by atoms with E-state index in [1.54, 1.807) is 0 Å². The lowest BCUT2D eigenvalue weighted by Gasteiger charge is -2.32. The summed E-state index contributed by atoms with van der Waals surface area (Å²) in [6, 6.07) is 19.5. The Morgan fingerprint density at radius 2 is 1.70 bits per heavy atom. The summed E-state index contributed by atoms with van der Waals surface area (Å²) in [5.74, 6) is 0. The van der Waals surface area contributed by atoms with Crippen LogP contribution in [0.3, 0.4) is 0 Å². The Labute approximate surface area is 142 Å². The van der Waals surface area contributed by atoms with Crippen molar-refractivity contribution in [3.05, 3.63) is 76.0 Å². The number of aliphatic imine (C=N–C) groups is 1. The van der Waals surface area contributed by atoms with Gasteiger partial charge in [0, 0.05) is 5.56 Å². The Hall–Kier alpha value is -1.97. The fourth-order valence-corrected chi connectivity index (χ4v) is 8.10. The van der Waals surface area contributed by atoms with Gasteiger partial charge in [-0.2, -0.15) is 0 Å². The van der Waals surface area contributed by atoms with Crippen LogP contribution in [0.5, 0.6) is 0 Å². The van der Waals surface area contributed by atoms with Gasteiger partial charge in [0.25, 0.3) is 0 Å². The lowest BCUT2D eigenvalue weighted by atomic mass is 10.0. The van der Waals surface area contributed by atoms with Crippen molar-refractivity contribution >= 4 is 41.2 Å². The molecule has 1 aliphatic rings. The molecule has 1 aliphatic heterocycles. The van der Waals surface area contributed by atoms with Gasteiger partial charge >= 0.3 is 0 Å². The molecule has 0 aliphatic carbocycles. The van der Waals surface area contributed by atoms with Crippen molar-refractivity contribution in [2.24, 2.45) is 4.99 Å². The number of benzene rings is 2. The zero-order valence-corrected chi connectivity index (χ0v) is 15.4. The van der Waals surface area contributed by atoms with Crippen molar-refractivity contribution < 1.29 is 0 Å². The minimum atomic E-state index is -1.63. The van der Waals surface area contributed by atoms with Crippen LogP contribution in [0.4, 0.5) is 5.69 Å². The van der Waals surface area contributed by atoms with Crippen LogP contribution in [0.2, 0.25) is 13.1 Å². The molecule has 0 bridgehead atoms. The highest BCUT2D eigenvalue weighted by molar-refractivity contribution is 7.17. The van der Waals surface area contributed by atoms with E-state index in [1.165, 1.54) is 26.4 Å². The first kappa shape index (κ1) is 14.6. The molecule has 4 rings (SSSR count). The summed E-state index contributed by atoms with van der Waals surface area (Å²) in [7, 11) is -1.63. The van der Waals surface area contributed by atoms with Gasteiger partial charge in [0.05, 0.1) is 16.3 Å². The van der Waals surface area contributed by atoms with Gasteiger partial charge in [-0.15, -0.1) is 11.3 Å². The van der Waals surface area contributed by atoms with E-state index in [0.717, 1.165) is 11.4 Å². The second kappa shape index (κ2) is 5.29. The number of nitrogens with zero attached hydrogens (tertiary/aromatic N) is 1. The predicted octanol–water partition coefficient (Wildman–Crippen LogP) is 4.36. The van der Waals surface area contributed by atoms with Gasteiger partial charge in [0.2, 0.25) is 0 Å². The molecule has 0 spiro atoms. The maximum absolute atomic E-state index is 5.03. The maximum atomic E-state index is 5.03. The van der Waals surface area contributed by atoms with Crippen LogP contribution in [0.25, 0.3) is 0 Å². The standard InChI is InChI=1S/C20H19NSSi/c1-14-9-10-17-16(13-14)19(21-15-7-5-4-6-8-15)20-18(11-12-22-20)23(17,2)3/h4-13H,1-3H3. The SMILES string of the molecule is Cc1ccc2c(c1)C(=Nc1ccccc1)c1sccc1[Si]2(C)C. The molecule has 1 aromatic heterocycles. The van der Waals surface area contributed by atoms with Gasteiger partial charge in [-0.3, -0.25) is 0 Å². The molecule has 0 N–H and O–H groups in total. The third kappa shape index (κ3) is 2.31. The van der Waals surface area contributed by atoms with Crippen LogP contribution in [0, 0.1) is 6.92 Å². The lowest BCUT2D eigenvalue weighted by molar-refractivity contribution is 1.44. The molecule has 3 heteroatoms. The highest BCUT2D eigenvalue weighted by atomic mass is 32.1. The molecule has 3 aromatic rings. The van der Waals surface area contributed by atoms with E-state index in [2.05, 4.69) is 61.8 Å². The van der Waals surface area contributed by atoms with Crippen molar-refractivity contribution in [3.63, 3.8) is 0 Å². The van der Waals surface area contributed by atoms with E-state index in [0.29, 0.717) is 0 Å². The summed E-state index contributed by atoms with van der Waals surface area (Å²) in [5, 5.41) is 5.25. The van der Waals surface area contributed by atoms with Crippen molar-refractivity contribution in [2.45, 2.75) is 20.0 Å². The van der Waals surface area contributed by atoms with Crippen LogP contribution >= 0.6 is 11.3 Å². The average molecular weight is 334 g/mol. The zero-order valence-electron chi connectivity index (χ0n) is 13.6. The quantitative estimate of drug-likeness (QED) is 0.587. The number of hydrogen-bond donors (Lipinski definition) is 0. The summed E-state index contributed by atoms with van der Waals surface area (Å²) >= 11 is 1.83. The largest absolute Gasteiger partial charge is 0.247 e. The van der Waals surface area contributed by atoms with Crippen molar-refractivity contribution in [2.75, 3.05) is 0 Å². The van der Waals surface area contributed by atoms with E-state index in [-0.39, 0.29) is 0 Å². The Kier molecular flexibility index (Phi) is 3.36. The molecule has 23 heavy (non-hydrogen) atoms. The number of para-hydroxylation sites is 1. The van der Waals surface area contributed by atoms with Gasteiger partial charge in [0.1, 0.15) is 8.07 Å². The minimum Gasteiger partial charge on any atom is -0.247 e. The van der Waals surface area contributed by atoms with Crippen molar-refractivity contribution in [1.82, 2.24) is 0 Å². The number of fused-ring (bicyclic) bond motifs is 2. The Morgan fingerprint density at radius 1 is 0.913 bits per heavy atom. The number of rotatable bonds is 1. The van der Waals surface area contributed by atoms with Gasteiger partial charge in [-0.25, -0.2) is 4.99 Å². The fraction of sp³-hybridized carbons (Fsp3) is 0.150. The van der Waals surface area contributed by atoms with Gasteiger partial charge in [-0.1, -0.05) is 55.1 Å². The first-order valence-corrected chi connectivity index (χ1v) is 11.8. The molecule has 0 radical (unpaired) electrons. The zero-order chi connectivity index (χ0) is 16.0. The topological polar surface area (TPSA) is 12.4 Å². The Bertz CT molecular complexity index is 906. The third-order valence-electron chi connectivity index (χ3n) is 4.65. The minimum absolute atomic E-state index is 1.02. The molecule has 0 saturated heterocycles. The Balaban J connectivity index is 2.02. The van der Waals surface area contributed by atoms with Gasteiger partial charge in [-0.05, 0) is 40.9 Å². The molecular weight excluding hydrogens is 314 g/mol. The second-order valence-corrected chi connectivity index (χ2v) is 11.9. The van der Waals surface area contributed by atoms with Gasteiger partial charge < -0.3 is 0 Å². The second-order valence-electron chi connectivity index (χ2n) is 6.63. The number of thiophene rings is 1. The summed E-state index contributed by atoms with van der Waals surface area (Å²) in [6.07, 6.45) is 0. The molecule has 2 heterocycles. The average Bonchev–Trinajstić information content (AvgIpc) is 3.03. The van der Waals surface area contributed by atoms with E-state index in [1.807, 2.05) is 29.5 Å². The van der Waals surface area contributed by atoms with Gasteiger partial charge in [0.15, 0.2) is 0 Å². The molecule has 1 nitrogen and oxygen atoms in total. The van der Waals surface area contributed by atoms with E-state index in [9.17, 15) is 0 Å². The monoisotopic (exact) mass is 333 g/mol. The summed E-state index contributed by atoms with van der Waals surface area (Å²) < 4.78 is 0. The van der Waals surface area contributed by atoms with Crippen LogP contribution in [0.1, 0.15) is 16.0 Å². The van der Waals surface area contributed by atoms with E-state index < -0.39 is 8.07 Å². The fourth-order valence-electron chi connectivity index (χ4n) is 3.39. The summed E-state index contributed by atoms with van der Waals surface area (Å²) in [5.41, 5.74) is 4.80. The molecule has 0 fully saturated rings. The number of aryl methyl sites for hydroxylation is 1. The normalized spacial score (nSPS) is 16.9. The smallest absolute Gasteiger partial charge is 0.115 e. The molecule has 2 aromatic carbocycles. The van der Waals surface area contributed by atoms with Crippen molar-refractivity contribution in [1.29, 1.82) is 0 Å². The van der Waals surface area contributed by atoms with Crippen molar-refractivity contribution in [3.8, 4) is 0 Å². The highest BCUT2D eigenvalue weighted by Crippen LogP contribution is 2.27. The van der Waals surface area contributed by atoms with Crippen LogP contribution < -0.4 is 10.4 Å². The summed E-state index contributed by atoms with van der Waals surface area (Å²) in [6.45, 7) is 7.07. The lowest BCUT2D eigenvalue weighted by Crippen LogP contribution is -2.59. The molecular formula is C20H19NSSi. The summed E-state index contributed by atoms with van der Waals surface area (Å²) in [4.78, 5) is 6.39. The first-order valence-electron chi connectivity index (χ1n) is 7.91. The maximum Gasteiger partial charge on any atom is 0.115 e. The molecule has 0 unspecified atom stereocenters.